The number of aryl methyl sites for hydroxylation is 1. The lowest BCUT2D eigenvalue weighted by molar-refractivity contribution is 0.175. The summed E-state index contributed by atoms with van der Waals surface area (Å²) in [6, 6.07) is 29.8. The zero-order valence-corrected chi connectivity index (χ0v) is 20.2. The molecular weight excluding hydrogens is 450 g/mol. The summed E-state index contributed by atoms with van der Waals surface area (Å²) in [6.45, 7) is 3.21. The molecule has 0 aliphatic rings. The number of aromatic hydroxyl groups is 1. The summed E-state index contributed by atoms with van der Waals surface area (Å²) in [4.78, 5) is 0. The number of aliphatic hydroxyl groups excluding tert-OH is 1. The molecule has 0 spiro atoms. The number of aliphatic hydroxyl groups is 1. The molecule has 36 heavy (non-hydrogen) atoms. The SMILES string of the molecule is Cc1ccc(Nc2ccc(CCNC[C@H](O)c3ccc(O)c(OC=N)c3)cc2)cc1-c1ccccc1. The molecule has 5 N–H and O–H groups in total. The van der Waals surface area contributed by atoms with Gasteiger partial charge in [-0.1, -0.05) is 54.6 Å². The molecule has 4 aromatic carbocycles. The highest BCUT2D eigenvalue weighted by atomic mass is 16.5. The van der Waals surface area contributed by atoms with Gasteiger partial charge < -0.3 is 25.6 Å². The molecule has 4 rings (SSSR count). The van der Waals surface area contributed by atoms with Gasteiger partial charge in [0.15, 0.2) is 17.9 Å². The predicted molar refractivity (Wildman–Crippen MR) is 145 cm³/mol. The Morgan fingerprint density at radius 1 is 0.917 bits per heavy atom. The Bertz CT molecular complexity index is 1290. The summed E-state index contributed by atoms with van der Waals surface area (Å²) in [5.74, 6) is 0.0801. The molecule has 0 aliphatic carbocycles. The summed E-state index contributed by atoms with van der Waals surface area (Å²) in [6.07, 6.45) is 0.820. The molecule has 4 aromatic rings. The lowest BCUT2D eigenvalue weighted by atomic mass is 10.00. The Morgan fingerprint density at radius 2 is 1.67 bits per heavy atom. The average molecular weight is 482 g/mol. The van der Waals surface area contributed by atoms with E-state index in [-0.39, 0.29) is 11.5 Å². The van der Waals surface area contributed by atoms with Crippen molar-refractivity contribution in [2.75, 3.05) is 18.4 Å². The molecule has 0 unspecified atom stereocenters. The Balaban J connectivity index is 1.28. The smallest absolute Gasteiger partial charge is 0.174 e. The fourth-order valence-electron chi connectivity index (χ4n) is 4.04. The fourth-order valence-corrected chi connectivity index (χ4v) is 4.04. The largest absolute Gasteiger partial charge is 0.504 e. The minimum Gasteiger partial charge on any atom is -0.504 e. The lowest BCUT2D eigenvalue weighted by Crippen LogP contribution is -2.23. The third-order valence-corrected chi connectivity index (χ3v) is 6.05. The number of phenols is 1. The normalized spacial score (nSPS) is 11.6. The molecule has 0 saturated heterocycles. The van der Waals surface area contributed by atoms with Gasteiger partial charge in [-0.3, -0.25) is 5.41 Å². The minimum absolute atomic E-state index is 0.0700. The van der Waals surface area contributed by atoms with Gasteiger partial charge in [-0.2, -0.15) is 0 Å². The van der Waals surface area contributed by atoms with Crippen LogP contribution in [0.15, 0.2) is 91.0 Å². The standard InChI is InChI=1S/C30H31N3O3/c1-21-7-11-26(18-27(21)23-5-3-2-4-6-23)33-25-12-8-22(9-13-25)15-16-32-19-29(35)24-10-14-28(34)30(17-24)36-20-31/h2-14,17-18,20,29,31-35H,15-16,19H2,1H3/t29-/m0/s1. The average Bonchev–Trinajstić information content (AvgIpc) is 2.90. The van der Waals surface area contributed by atoms with Crippen LogP contribution in [0.2, 0.25) is 0 Å². The Morgan fingerprint density at radius 3 is 2.42 bits per heavy atom. The van der Waals surface area contributed by atoms with Crippen LogP contribution in [0.3, 0.4) is 0 Å². The van der Waals surface area contributed by atoms with Crippen molar-refractivity contribution in [3.05, 3.63) is 108 Å². The molecule has 0 radical (unpaired) electrons. The number of hydrogen-bond acceptors (Lipinski definition) is 6. The van der Waals surface area contributed by atoms with Crippen molar-refractivity contribution in [2.24, 2.45) is 0 Å². The summed E-state index contributed by atoms with van der Waals surface area (Å²) in [5, 5.41) is 33.9. The zero-order chi connectivity index (χ0) is 25.3. The first kappa shape index (κ1) is 25.0. The quantitative estimate of drug-likeness (QED) is 0.103. The van der Waals surface area contributed by atoms with Gasteiger partial charge in [0, 0.05) is 17.9 Å². The summed E-state index contributed by atoms with van der Waals surface area (Å²) in [5.41, 5.74) is 7.55. The maximum absolute atomic E-state index is 10.4. The second kappa shape index (κ2) is 12.0. The summed E-state index contributed by atoms with van der Waals surface area (Å²) in [7, 11) is 0. The van der Waals surface area contributed by atoms with Crippen molar-refractivity contribution in [1.29, 1.82) is 5.41 Å². The van der Waals surface area contributed by atoms with Gasteiger partial charge in [0.2, 0.25) is 0 Å². The van der Waals surface area contributed by atoms with E-state index in [1.807, 2.05) is 6.07 Å². The Labute approximate surface area is 211 Å². The van der Waals surface area contributed by atoms with E-state index in [1.165, 1.54) is 34.4 Å². The van der Waals surface area contributed by atoms with Crippen LogP contribution < -0.4 is 15.4 Å². The summed E-state index contributed by atoms with van der Waals surface area (Å²) >= 11 is 0. The molecule has 6 heteroatoms. The molecule has 1 atom stereocenters. The number of hydrogen-bond donors (Lipinski definition) is 5. The van der Waals surface area contributed by atoms with Gasteiger partial charge in [0.05, 0.1) is 6.10 Å². The van der Waals surface area contributed by atoms with E-state index in [4.69, 9.17) is 10.1 Å². The predicted octanol–water partition coefficient (Wildman–Crippen LogP) is 5.96. The van der Waals surface area contributed by atoms with E-state index in [0.29, 0.717) is 18.7 Å². The highest BCUT2D eigenvalue weighted by Gasteiger charge is 2.11. The van der Waals surface area contributed by atoms with Crippen LogP contribution in [-0.4, -0.2) is 29.7 Å². The molecule has 184 valence electrons. The number of phenolic OH excluding ortho intramolecular Hbond substituents is 1. The summed E-state index contributed by atoms with van der Waals surface area (Å²) < 4.78 is 4.94. The lowest BCUT2D eigenvalue weighted by Gasteiger charge is -2.14. The molecule has 0 aliphatic heterocycles. The monoisotopic (exact) mass is 481 g/mol. The van der Waals surface area contributed by atoms with Gasteiger partial charge >= 0.3 is 0 Å². The molecular formula is C30H31N3O3. The minimum atomic E-state index is -0.749. The first-order valence-corrected chi connectivity index (χ1v) is 11.9. The van der Waals surface area contributed by atoms with Crippen LogP contribution in [0.5, 0.6) is 11.5 Å². The van der Waals surface area contributed by atoms with Crippen molar-refractivity contribution < 1.29 is 14.9 Å². The highest BCUT2D eigenvalue weighted by Crippen LogP contribution is 2.29. The van der Waals surface area contributed by atoms with Crippen LogP contribution in [0.4, 0.5) is 11.4 Å². The first-order chi connectivity index (χ1) is 17.5. The second-order valence-electron chi connectivity index (χ2n) is 8.65. The van der Waals surface area contributed by atoms with Crippen LogP contribution in [-0.2, 0) is 6.42 Å². The van der Waals surface area contributed by atoms with Gasteiger partial charge in [-0.15, -0.1) is 0 Å². The van der Waals surface area contributed by atoms with Crippen LogP contribution in [0, 0.1) is 12.3 Å². The van der Waals surface area contributed by atoms with Crippen molar-refractivity contribution in [2.45, 2.75) is 19.4 Å². The third kappa shape index (κ3) is 6.50. The van der Waals surface area contributed by atoms with E-state index in [2.05, 4.69) is 84.3 Å². The molecule has 0 saturated carbocycles. The van der Waals surface area contributed by atoms with Crippen molar-refractivity contribution >= 4 is 17.8 Å². The highest BCUT2D eigenvalue weighted by molar-refractivity contribution is 5.73. The molecule has 0 aromatic heterocycles. The van der Waals surface area contributed by atoms with Gasteiger partial charge in [0.25, 0.3) is 0 Å². The number of ether oxygens (including phenoxy) is 1. The van der Waals surface area contributed by atoms with E-state index < -0.39 is 6.10 Å². The zero-order valence-electron chi connectivity index (χ0n) is 20.2. The van der Waals surface area contributed by atoms with Gasteiger partial charge in [0.1, 0.15) is 0 Å². The van der Waals surface area contributed by atoms with E-state index in [1.54, 1.807) is 6.07 Å². The van der Waals surface area contributed by atoms with E-state index in [9.17, 15) is 10.2 Å². The van der Waals surface area contributed by atoms with E-state index in [0.717, 1.165) is 24.2 Å². The Hall–Kier alpha value is -4.13. The molecule has 0 amide bonds. The molecule has 0 heterocycles. The van der Waals surface area contributed by atoms with Crippen LogP contribution in [0.25, 0.3) is 11.1 Å². The fraction of sp³-hybridized carbons (Fsp3) is 0.167. The van der Waals surface area contributed by atoms with Crippen molar-refractivity contribution in [1.82, 2.24) is 5.32 Å². The third-order valence-electron chi connectivity index (χ3n) is 6.05. The molecule has 6 nitrogen and oxygen atoms in total. The van der Waals surface area contributed by atoms with Gasteiger partial charge in [-0.25, -0.2) is 0 Å². The van der Waals surface area contributed by atoms with Crippen LogP contribution >= 0.6 is 0 Å². The number of nitrogens with one attached hydrogen (secondary N) is 3. The van der Waals surface area contributed by atoms with Gasteiger partial charge in [-0.05, 0) is 84.1 Å². The topological polar surface area (TPSA) is 97.6 Å². The van der Waals surface area contributed by atoms with Crippen molar-refractivity contribution in [3.8, 4) is 22.6 Å². The van der Waals surface area contributed by atoms with Crippen molar-refractivity contribution in [3.63, 3.8) is 0 Å². The number of anilines is 2. The number of rotatable bonds is 11. The Kier molecular flexibility index (Phi) is 8.34. The maximum Gasteiger partial charge on any atom is 0.174 e. The van der Waals surface area contributed by atoms with E-state index >= 15 is 0 Å². The van der Waals surface area contributed by atoms with Crippen LogP contribution in [0.1, 0.15) is 22.8 Å². The number of benzene rings is 4. The maximum atomic E-state index is 10.4. The first-order valence-electron chi connectivity index (χ1n) is 11.9. The molecule has 0 bridgehead atoms. The second-order valence-corrected chi connectivity index (χ2v) is 8.65. The molecule has 0 fully saturated rings.